The third kappa shape index (κ3) is 2.11. The van der Waals surface area contributed by atoms with Gasteiger partial charge in [0.05, 0.1) is 12.0 Å². The predicted octanol–water partition coefficient (Wildman–Crippen LogP) is 3.39. The summed E-state index contributed by atoms with van der Waals surface area (Å²) in [7, 11) is 0. The number of rotatable bonds is 2. The minimum absolute atomic E-state index is 0.0787. The molecule has 0 saturated carbocycles. The number of alkyl halides is 1. The van der Waals surface area contributed by atoms with Crippen molar-refractivity contribution in [1.29, 1.82) is 0 Å². The lowest BCUT2D eigenvalue weighted by Gasteiger charge is -2.20. The van der Waals surface area contributed by atoms with Gasteiger partial charge in [-0.1, -0.05) is 28.1 Å². The fraction of sp³-hybridized carbons (Fsp3) is 0.533. The molecule has 1 aromatic carbocycles. The Balaban J connectivity index is 1.94. The monoisotopic (exact) mass is 323 g/mol. The average molecular weight is 324 g/mol. The molecule has 2 atom stereocenters. The van der Waals surface area contributed by atoms with E-state index in [1.54, 1.807) is 0 Å². The standard InChI is InChI=1S/C15H18BrNO2/c1-15(2)11-7-9(3-4-12(11)17-14(15)18)13(16)10-5-6-19-8-10/h3-4,7,10,13H,5-6,8H2,1-2H3,(H,17,18). The first kappa shape index (κ1) is 13.1. The van der Waals surface area contributed by atoms with Gasteiger partial charge >= 0.3 is 0 Å². The maximum Gasteiger partial charge on any atom is 0.234 e. The van der Waals surface area contributed by atoms with Gasteiger partial charge in [-0.05, 0) is 37.5 Å². The highest BCUT2D eigenvalue weighted by Crippen LogP contribution is 2.42. The van der Waals surface area contributed by atoms with Crippen LogP contribution in [0.15, 0.2) is 18.2 Å². The predicted molar refractivity (Wildman–Crippen MR) is 78.7 cm³/mol. The number of ether oxygens (including phenoxy) is 1. The van der Waals surface area contributed by atoms with Crippen LogP contribution in [0.3, 0.4) is 0 Å². The van der Waals surface area contributed by atoms with Crippen molar-refractivity contribution in [2.75, 3.05) is 18.5 Å². The molecule has 2 aliphatic heterocycles. The molecule has 1 N–H and O–H groups in total. The van der Waals surface area contributed by atoms with Crippen LogP contribution in [-0.2, 0) is 14.9 Å². The number of halogens is 1. The zero-order valence-electron chi connectivity index (χ0n) is 11.2. The Morgan fingerprint density at radius 3 is 2.95 bits per heavy atom. The fourth-order valence-corrected chi connectivity index (χ4v) is 3.52. The second-order valence-corrected chi connectivity index (χ2v) is 6.90. The summed E-state index contributed by atoms with van der Waals surface area (Å²) in [4.78, 5) is 12.2. The van der Waals surface area contributed by atoms with Gasteiger partial charge in [-0.25, -0.2) is 0 Å². The molecule has 1 aromatic rings. The van der Waals surface area contributed by atoms with E-state index in [0.717, 1.165) is 30.9 Å². The summed E-state index contributed by atoms with van der Waals surface area (Å²) in [6.07, 6.45) is 1.09. The van der Waals surface area contributed by atoms with Gasteiger partial charge in [-0.15, -0.1) is 0 Å². The molecule has 2 aliphatic rings. The maximum atomic E-state index is 11.9. The number of anilines is 1. The van der Waals surface area contributed by atoms with Crippen LogP contribution in [0.25, 0.3) is 0 Å². The second kappa shape index (κ2) is 4.60. The van der Waals surface area contributed by atoms with Gasteiger partial charge in [-0.2, -0.15) is 0 Å². The molecule has 0 radical (unpaired) electrons. The van der Waals surface area contributed by atoms with Gasteiger partial charge in [0.1, 0.15) is 0 Å². The molecule has 19 heavy (non-hydrogen) atoms. The number of amides is 1. The number of nitrogens with one attached hydrogen (secondary N) is 1. The van der Waals surface area contributed by atoms with Crippen molar-refractivity contribution in [1.82, 2.24) is 0 Å². The van der Waals surface area contributed by atoms with E-state index < -0.39 is 5.41 Å². The quantitative estimate of drug-likeness (QED) is 0.847. The number of hydrogen-bond donors (Lipinski definition) is 1. The van der Waals surface area contributed by atoms with Crippen molar-refractivity contribution in [3.8, 4) is 0 Å². The lowest BCUT2D eigenvalue weighted by atomic mass is 9.84. The average Bonchev–Trinajstić information content (AvgIpc) is 2.98. The molecule has 1 amide bonds. The smallest absolute Gasteiger partial charge is 0.234 e. The summed E-state index contributed by atoms with van der Waals surface area (Å²) in [5.74, 6) is 0.598. The maximum absolute atomic E-state index is 11.9. The zero-order chi connectivity index (χ0) is 13.6. The number of carbonyl (C=O) groups is 1. The molecule has 3 rings (SSSR count). The van der Waals surface area contributed by atoms with Gasteiger partial charge in [-0.3, -0.25) is 4.79 Å². The summed E-state index contributed by atoms with van der Waals surface area (Å²) in [6.45, 7) is 5.61. The van der Waals surface area contributed by atoms with Crippen molar-refractivity contribution in [3.05, 3.63) is 29.3 Å². The SMILES string of the molecule is CC1(C)C(=O)Nc2ccc(C(Br)C3CCOC3)cc21. The Bertz CT molecular complexity index is 521. The van der Waals surface area contributed by atoms with Gasteiger partial charge in [0.2, 0.25) is 5.91 Å². The minimum Gasteiger partial charge on any atom is -0.381 e. The van der Waals surface area contributed by atoms with Crippen LogP contribution in [0.4, 0.5) is 5.69 Å². The Morgan fingerprint density at radius 2 is 2.26 bits per heavy atom. The molecule has 3 nitrogen and oxygen atoms in total. The van der Waals surface area contributed by atoms with Crippen molar-refractivity contribution >= 4 is 27.5 Å². The van der Waals surface area contributed by atoms with Gasteiger partial charge in [0.15, 0.2) is 0 Å². The minimum atomic E-state index is -0.440. The number of benzene rings is 1. The largest absolute Gasteiger partial charge is 0.381 e. The number of carbonyl (C=O) groups excluding carboxylic acids is 1. The molecular weight excluding hydrogens is 306 g/mol. The van der Waals surface area contributed by atoms with E-state index in [2.05, 4.69) is 33.4 Å². The van der Waals surface area contributed by atoms with Crippen LogP contribution in [0.5, 0.6) is 0 Å². The normalized spacial score (nSPS) is 26.1. The molecule has 2 unspecified atom stereocenters. The van der Waals surface area contributed by atoms with E-state index in [1.807, 2.05) is 19.9 Å². The Hall–Kier alpha value is -0.870. The molecule has 0 aromatic heterocycles. The number of hydrogen-bond acceptors (Lipinski definition) is 2. The van der Waals surface area contributed by atoms with Crippen molar-refractivity contribution in [3.63, 3.8) is 0 Å². The first-order valence-electron chi connectivity index (χ1n) is 6.68. The summed E-state index contributed by atoms with van der Waals surface area (Å²) >= 11 is 3.79. The molecule has 1 saturated heterocycles. The Morgan fingerprint density at radius 1 is 1.47 bits per heavy atom. The number of fused-ring (bicyclic) bond motifs is 1. The highest BCUT2D eigenvalue weighted by molar-refractivity contribution is 9.09. The molecule has 0 spiro atoms. The zero-order valence-corrected chi connectivity index (χ0v) is 12.8. The van der Waals surface area contributed by atoms with Gasteiger partial charge in [0.25, 0.3) is 0 Å². The first-order chi connectivity index (χ1) is 9.00. The molecular formula is C15H18BrNO2. The first-order valence-corrected chi connectivity index (χ1v) is 7.59. The van der Waals surface area contributed by atoms with Crippen LogP contribution >= 0.6 is 15.9 Å². The Kier molecular flexibility index (Phi) is 3.18. The van der Waals surface area contributed by atoms with E-state index in [-0.39, 0.29) is 5.91 Å². The van der Waals surface area contributed by atoms with E-state index in [9.17, 15) is 4.79 Å². The highest BCUT2D eigenvalue weighted by atomic mass is 79.9. The van der Waals surface area contributed by atoms with Crippen molar-refractivity contribution in [2.24, 2.45) is 5.92 Å². The van der Waals surface area contributed by atoms with Crippen LogP contribution in [0.1, 0.15) is 36.2 Å². The van der Waals surface area contributed by atoms with Crippen LogP contribution in [-0.4, -0.2) is 19.1 Å². The second-order valence-electron chi connectivity index (χ2n) is 5.91. The molecule has 0 bridgehead atoms. The molecule has 102 valence electrons. The van der Waals surface area contributed by atoms with E-state index in [1.165, 1.54) is 5.56 Å². The van der Waals surface area contributed by atoms with Crippen LogP contribution < -0.4 is 5.32 Å². The van der Waals surface area contributed by atoms with E-state index >= 15 is 0 Å². The summed E-state index contributed by atoms with van der Waals surface area (Å²) in [6, 6.07) is 6.27. The van der Waals surface area contributed by atoms with E-state index in [4.69, 9.17) is 4.74 Å². The summed E-state index contributed by atoms with van der Waals surface area (Å²) < 4.78 is 5.45. The fourth-order valence-electron chi connectivity index (χ4n) is 2.82. The van der Waals surface area contributed by atoms with Crippen molar-refractivity contribution in [2.45, 2.75) is 30.5 Å². The summed E-state index contributed by atoms with van der Waals surface area (Å²) in [5, 5.41) is 2.94. The highest BCUT2D eigenvalue weighted by Gasteiger charge is 2.39. The van der Waals surface area contributed by atoms with E-state index in [0.29, 0.717) is 10.7 Å². The van der Waals surface area contributed by atoms with Crippen LogP contribution in [0.2, 0.25) is 0 Å². The third-order valence-electron chi connectivity index (χ3n) is 4.23. The molecule has 2 heterocycles. The summed E-state index contributed by atoms with van der Waals surface area (Å²) in [5.41, 5.74) is 2.84. The molecule has 1 fully saturated rings. The lowest BCUT2D eigenvalue weighted by molar-refractivity contribution is -0.119. The van der Waals surface area contributed by atoms with Crippen molar-refractivity contribution < 1.29 is 9.53 Å². The van der Waals surface area contributed by atoms with Gasteiger partial charge in [0, 0.05) is 23.0 Å². The molecule has 0 aliphatic carbocycles. The Labute approximate surface area is 121 Å². The van der Waals surface area contributed by atoms with Gasteiger partial charge < -0.3 is 10.1 Å². The molecule has 4 heteroatoms. The van der Waals surface area contributed by atoms with Crippen LogP contribution in [0, 0.1) is 5.92 Å². The lowest BCUT2D eigenvalue weighted by Crippen LogP contribution is -2.27. The third-order valence-corrected chi connectivity index (χ3v) is 5.51. The topological polar surface area (TPSA) is 38.3 Å².